The molecule has 0 radical (unpaired) electrons. The molecule has 0 saturated carbocycles. The van der Waals surface area contributed by atoms with Gasteiger partial charge in [-0.05, 0) is 72.6 Å². The molecule has 2 aromatic carbocycles. The molecule has 0 fully saturated rings. The van der Waals surface area contributed by atoms with Gasteiger partial charge in [-0.2, -0.15) is 0 Å². The molecule has 0 spiro atoms. The Morgan fingerprint density at radius 1 is 1.11 bits per heavy atom. The number of carbonyl (C=O) groups is 1. The van der Waals surface area contributed by atoms with E-state index in [0.29, 0.717) is 5.56 Å². The van der Waals surface area contributed by atoms with Crippen molar-refractivity contribution in [3.63, 3.8) is 0 Å². The number of fused-ring (bicyclic) bond motifs is 1. The summed E-state index contributed by atoms with van der Waals surface area (Å²) in [5.74, 6) is -2.06. The van der Waals surface area contributed by atoms with Crippen molar-refractivity contribution in [2.24, 2.45) is 0 Å². The van der Waals surface area contributed by atoms with Gasteiger partial charge in [0.25, 0.3) is 5.91 Å². The van der Waals surface area contributed by atoms with Crippen molar-refractivity contribution in [3.8, 4) is 0 Å². The summed E-state index contributed by atoms with van der Waals surface area (Å²) in [5, 5.41) is 17.3. The van der Waals surface area contributed by atoms with Crippen molar-refractivity contribution >= 4 is 5.91 Å². The van der Waals surface area contributed by atoms with E-state index in [9.17, 15) is 23.5 Å². The number of halogens is 2. The van der Waals surface area contributed by atoms with Crippen LogP contribution in [-0.2, 0) is 19.3 Å². The van der Waals surface area contributed by atoms with Crippen LogP contribution >= 0.6 is 0 Å². The number of aromatic amines is 1. The third-order valence-electron chi connectivity index (χ3n) is 6.68. The first-order valence-electron chi connectivity index (χ1n) is 12.3. The van der Waals surface area contributed by atoms with Gasteiger partial charge in [0.2, 0.25) is 5.56 Å². The second kappa shape index (κ2) is 11.6. The first-order chi connectivity index (χ1) is 17.3. The number of hydrogen-bond acceptors (Lipinski definition) is 4. The average Bonchev–Trinajstić information content (AvgIpc) is 2.85. The Balaban J connectivity index is 1.51. The highest BCUT2D eigenvalue weighted by molar-refractivity contribution is 5.92. The highest BCUT2D eigenvalue weighted by atomic mass is 19.1. The third-order valence-corrected chi connectivity index (χ3v) is 6.68. The Morgan fingerprint density at radius 2 is 1.89 bits per heavy atom. The van der Waals surface area contributed by atoms with E-state index in [2.05, 4.69) is 40.7 Å². The standard InChI is InChI=1S/C28H31F2N3O3/c1-2-17-9-10-19-5-3-6-23(22(19)13-17)31-16-26(34)25(14-18-11-20(29)15-21(30)12-18)33-28(36)24-7-4-8-27(35)32-24/h4,7-13,15,23,25-26,31,34H,2-3,5-6,14,16H2,1H3,(H,32,35)(H,33,36)/t23-,25+,26-/m1/s1. The normalized spacial score (nSPS) is 16.7. The van der Waals surface area contributed by atoms with E-state index in [1.54, 1.807) is 0 Å². The van der Waals surface area contributed by atoms with Gasteiger partial charge < -0.3 is 20.7 Å². The molecule has 4 rings (SSSR count). The molecule has 1 amide bonds. The van der Waals surface area contributed by atoms with Crippen molar-refractivity contribution < 1.29 is 18.7 Å². The Bertz CT molecular complexity index is 1260. The summed E-state index contributed by atoms with van der Waals surface area (Å²) < 4.78 is 27.6. The molecule has 3 atom stereocenters. The molecule has 0 saturated heterocycles. The van der Waals surface area contributed by atoms with Crippen molar-refractivity contribution in [1.29, 1.82) is 0 Å². The van der Waals surface area contributed by atoms with Gasteiger partial charge in [0.15, 0.2) is 0 Å². The van der Waals surface area contributed by atoms with Crippen LogP contribution in [-0.4, -0.2) is 34.7 Å². The van der Waals surface area contributed by atoms with Crippen LogP contribution in [0.15, 0.2) is 59.4 Å². The summed E-state index contributed by atoms with van der Waals surface area (Å²) in [6, 6.07) is 13.0. The summed E-state index contributed by atoms with van der Waals surface area (Å²) in [6.45, 7) is 2.27. The summed E-state index contributed by atoms with van der Waals surface area (Å²) in [7, 11) is 0. The minimum Gasteiger partial charge on any atom is -0.390 e. The van der Waals surface area contributed by atoms with Crippen LogP contribution in [0.4, 0.5) is 8.78 Å². The van der Waals surface area contributed by atoms with E-state index in [4.69, 9.17) is 0 Å². The van der Waals surface area contributed by atoms with Gasteiger partial charge in [-0.15, -0.1) is 0 Å². The van der Waals surface area contributed by atoms with E-state index in [1.165, 1.54) is 47.0 Å². The van der Waals surface area contributed by atoms with Gasteiger partial charge in [0.1, 0.15) is 17.3 Å². The predicted molar refractivity (Wildman–Crippen MR) is 134 cm³/mol. The van der Waals surface area contributed by atoms with E-state index in [-0.39, 0.29) is 24.7 Å². The average molecular weight is 496 g/mol. The van der Waals surface area contributed by atoms with Crippen molar-refractivity contribution in [3.05, 3.63) is 105 Å². The molecule has 190 valence electrons. The Hall–Kier alpha value is -3.36. The minimum atomic E-state index is -1.06. The molecule has 0 aliphatic heterocycles. The smallest absolute Gasteiger partial charge is 0.268 e. The Morgan fingerprint density at radius 3 is 2.61 bits per heavy atom. The largest absolute Gasteiger partial charge is 0.390 e. The number of aryl methyl sites for hydroxylation is 2. The fraction of sp³-hybridized carbons (Fsp3) is 0.357. The zero-order valence-electron chi connectivity index (χ0n) is 20.2. The zero-order chi connectivity index (χ0) is 25.7. The lowest BCUT2D eigenvalue weighted by molar-refractivity contribution is 0.0818. The zero-order valence-corrected chi connectivity index (χ0v) is 20.2. The monoisotopic (exact) mass is 495 g/mol. The number of rotatable bonds is 9. The molecule has 36 heavy (non-hydrogen) atoms. The summed E-state index contributed by atoms with van der Waals surface area (Å²) in [6.07, 6.45) is 2.83. The number of amides is 1. The number of aliphatic hydroxyl groups is 1. The quantitative estimate of drug-likeness (QED) is 0.365. The third kappa shape index (κ3) is 6.44. The number of carbonyl (C=O) groups excluding carboxylic acids is 1. The predicted octanol–water partition coefficient (Wildman–Crippen LogP) is 3.58. The molecule has 0 bridgehead atoms. The second-order valence-electron chi connectivity index (χ2n) is 9.30. The van der Waals surface area contributed by atoms with Crippen molar-refractivity contribution in [2.45, 2.75) is 57.2 Å². The topological polar surface area (TPSA) is 94.2 Å². The van der Waals surface area contributed by atoms with E-state index < -0.39 is 35.2 Å². The number of H-pyrrole nitrogens is 1. The van der Waals surface area contributed by atoms with Crippen molar-refractivity contribution in [2.75, 3.05) is 6.54 Å². The van der Waals surface area contributed by atoms with Crippen molar-refractivity contribution in [1.82, 2.24) is 15.6 Å². The molecule has 0 unspecified atom stereocenters. The van der Waals surface area contributed by atoms with Crippen LogP contribution in [0.25, 0.3) is 0 Å². The van der Waals surface area contributed by atoms with Crippen LogP contribution in [0.3, 0.4) is 0 Å². The molecule has 4 N–H and O–H groups in total. The molecule has 1 heterocycles. The first-order valence-corrected chi connectivity index (χ1v) is 12.3. The lowest BCUT2D eigenvalue weighted by Crippen LogP contribution is -2.49. The fourth-order valence-corrected chi connectivity index (χ4v) is 4.78. The number of hydrogen-bond donors (Lipinski definition) is 4. The molecular weight excluding hydrogens is 464 g/mol. The molecule has 6 nitrogen and oxygen atoms in total. The number of aromatic nitrogens is 1. The Labute approximate surface area is 208 Å². The van der Waals surface area contributed by atoms with E-state index in [1.807, 2.05) is 0 Å². The number of benzene rings is 2. The molecule has 1 aromatic heterocycles. The van der Waals surface area contributed by atoms with Crippen LogP contribution in [0.1, 0.15) is 58.5 Å². The van der Waals surface area contributed by atoms with Crippen LogP contribution < -0.4 is 16.2 Å². The molecule has 1 aliphatic rings. The van der Waals surface area contributed by atoms with Crippen LogP contribution in [0.5, 0.6) is 0 Å². The number of aliphatic hydroxyl groups excluding tert-OH is 1. The maximum atomic E-state index is 13.8. The summed E-state index contributed by atoms with van der Waals surface area (Å²) in [5.41, 5.74) is 3.66. The molecule has 8 heteroatoms. The number of pyridine rings is 1. The maximum Gasteiger partial charge on any atom is 0.268 e. The molecule has 3 aromatic rings. The SMILES string of the molecule is CCc1ccc2c(c1)[C@H](NC[C@@H](O)[C@H](Cc1cc(F)cc(F)c1)NC(=O)c1cccc(=O)[nH]1)CCC2. The lowest BCUT2D eigenvalue weighted by atomic mass is 9.86. The lowest BCUT2D eigenvalue weighted by Gasteiger charge is -2.30. The van der Waals surface area contributed by atoms with Gasteiger partial charge in [0, 0.05) is 24.7 Å². The fourth-order valence-electron chi connectivity index (χ4n) is 4.78. The van der Waals surface area contributed by atoms with Gasteiger partial charge in [0.05, 0.1) is 12.1 Å². The van der Waals surface area contributed by atoms with E-state index in [0.717, 1.165) is 31.7 Å². The van der Waals surface area contributed by atoms with Gasteiger partial charge in [-0.3, -0.25) is 9.59 Å². The highest BCUT2D eigenvalue weighted by Gasteiger charge is 2.26. The van der Waals surface area contributed by atoms with Gasteiger partial charge >= 0.3 is 0 Å². The van der Waals surface area contributed by atoms with E-state index >= 15 is 0 Å². The first kappa shape index (κ1) is 25.7. The van der Waals surface area contributed by atoms with Gasteiger partial charge in [-0.25, -0.2) is 8.78 Å². The number of nitrogens with one attached hydrogen (secondary N) is 3. The summed E-state index contributed by atoms with van der Waals surface area (Å²) in [4.78, 5) is 26.9. The molecular formula is C28H31F2N3O3. The maximum absolute atomic E-state index is 13.8. The highest BCUT2D eigenvalue weighted by Crippen LogP contribution is 2.30. The van der Waals surface area contributed by atoms with Crippen LogP contribution in [0, 0.1) is 11.6 Å². The second-order valence-corrected chi connectivity index (χ2v) is 9.30. The minimum absolute atomic E-state index is 0.00156. The summed E-state index contributed by atoms with van der Waals surface area (Å²) >= 11 is 0. The Kier molecular flexibility index (Phi) is 8.28. The van der Waals surface area contributed by atoms with Gasteiger partial charge in [-0.1, -0.05) is 31.2 Å². The molecule has 1 aliphatic carbocycles. The van der Waals surface area contributed by atoms with Crippen LogP contribution in [0.2, 0.25) is 0 Å².